The van der Waals surface area contributed by atoms with Gasteiger partial charge < -0.3 is 5.11 Å². The van der Waals surface area contributed by atoms with Crippen molar-refractivity contribution in [2.45, 2.75) is 57.5 Å². The Labute approximate surface area is 122 Å². The normalized spacial score (nSPS) is 36.5. The van der Waals surface area contributed by atoms with Crippen molar-refractivity contribution in [2.24, 2.45) is 11.3 Å². The lowest BCUT2D eigenvalue weighted by Crippen LogP contribution is -2.53. The summed E-state index contributed by atoms with van der Waals surface area (Å²) in [4.78, 5) is 0. The molecule has 2 aliphatic rings. The first kappa shape index (κ1) is 13.9. The van der Waals surface area contributed by atoms with E-state index in [-0.39, 0.29) is 17.3 Å². The third-order valence-corrected chi connectivity index (χ3v) is 5.53. The highest BCUT2D eigenvalue weighted by Gasteiger charge is 2.53. The van der Waals surface area contributed by atoms with E-state index >= 15 is 0 Å². The summed E-state index contributed by atoms with van der Waals surface area (Å²) in [5.74, 6) is 0.549. The molecule has 0 saturated heterocycles. The van der Waals surface area contributed by atoms with E-state index in [0.29, 0.717) is 0 Å². The molecule has 0 aliphatic heterocycles. The topological polar surface area (TPSA) is 20.2 Å². The Kier molecular flexibility index (Phi) is 3.29. The number of rotatable bonds is 1. The van der Waals surface area contributed by atoms with Crippen molar-refractivity contribution in [3.05, 3.63) is 48.0 Å². The molecule has 0 heterocycles. The van der Waals surface area contributed by atoms with Crippen LogP contribution in [0.1, 0.15) is 57.4 Å². The van der Waals surface area contributed by atoms with Gasteiger partial charge in [0.25, 0.3) is 0 Å². The summed E-state index contributed by atoms with van der Waals surface area (Å²) in [5.41, 5.74) is 2.20. The van der Waals surface area contributed by atoms with Crippen LogP contribution in [-0.2, 0) is 0 Å². The molecule has 3 rings (SSSR count). The van der Waals surface area contributed by atoms with Crippen LogP contribution in [-0.4, -0.2) is 10.7 Å². The molecule has 20 heavy (non-hydrogen) atoms. The van der Waals surface area contributed by atoms with Gasteiger partial charge in [-0.1, -0.05) is 56.3 Å². The average molecular weight is 270 g/mol. The van der Waals surface area contributed by atoms with Crippen LogP contribution in [0.3, 0.4) is 0 Å². The standard InChI is InChI=1S/C19H26O/c1-14-9-10-17(15-7-5-4-6-8-15)19(20)13-18(2,3)12-11-16(14)19/h4-8,16-17,20H,1,9-13H2,2-3H3/t16-,17+,19-/m0/s1. The Balaban J connectivity index is 2.00. The van der Waals surface area contributed by atoms with Crippen molar-refractivity contribution < 1.29 is 5.11 Å². The second-order valence-corrected chi connectivity index (χ2v) is 7.58. The zero-order valence-corrected chi connectivity index (χ0v) is 12.7. The highest BCUT2D eigenvalue weighted by molar-refractivity contribution is 5.30. The molecule has 2 fully saturated rings. The van der Waals surface area contributed by atoms with E-state index in [1.807, 2.05) is 0 Å². The molecular formula is C19H26O. The van der Waals surface area contributed by atoms with Gasteiger partial charge in [-0.05, 0) is 43.1 Å². The highest BCUT2D eigenvalue weighted by Crippen LogP contribution is 2.56. The first-order chi connectivity index (χ1) is 9.42. The van der Waals surface area contributed by atoms with Gasteiger partial charge >= 0.3 is 0 Å². The third-order valence-electron chi connectivity index (χ3n) is 5.53. The average Bonchev–Trinajstić information content (AvgIpc) is 2.38. The van der Waals surface area contributed by atoms with E-state index in [1.165, 1.54) is 17.6 Å². The highest BCUT2D eigenvalue weighted by atomic mass is 16.3. The fourth-order valence-electron chi connectivity index (χ4n) is 4.58. The van der Waals surface area contributed by atoms with E-state index in [2.05, 4.69) is 50.8 Å². The predicted octanol–water partition coefficient (Wildman–Crippen LogP) is 4.68. The van der Waals surface area contributed by atoms with Crippen molar-refractivity contribution in [1.29, 1.82) is 0 Å². The van der Waals surface area contributed by atoms with Gasteiger partial charge in [-0.25, -0.2) is 0 Å². The summed E-state index contributed by atoms with van der Waals surface area (Å²) in [7, 11) is 0. The molecule has 2 aliphatic carbocycles. The smallest absolute Gasteiger partial charge is 0.0785 e. The number of fused-ring (bicyclic) bond motifs is 1. The zero-order chi connectivity index (χ0) is 14.4. The Hall–Kier alpha value is -1.08. The number of hydrogen-bond acceptors (Lipinski definition) is 1. The Bertz CT molecular complexity index is 502. The fraction of sp³-hybridized carbons (Fsp3) is 0.579. The minimum absolute atomic E-state index is 0.232. The first-order valence-electron chi connectivity index (χ1n) is 7.87. The Morgan fingerprint density at radius 2 is 1.80 bits per heavy atom. The van der Waals surface area contributed by atoms with Crippen LogP contribution in [0.4, 0.5) is 0 Å². The third kappa shape index (κ3) is 2.22. The Morgan fingerprint density at radius 3 is 2.50 bits per heavy atom. The predicted molar refractivity (Wildman–Crippen MR) is 83.6 cm³/mol. The van der Waals surface area contributed by atoms with Crippen LogP contribution < -0.4 is 0 Å². The number of benzene rings is 1. The molecule has 0 spiro atoms. The monoisotopic (exact) mass is 270 g/mol. The summed E-state index contributed by atoms with van der Waals surface area (Å²) in [6.45, 7) is 8.84. The van der Waals surface area contributed by atoms with Crippen LogP contribution in [0.5, 0.6) is 0 Å². The lowest BCUT2D eigenvalue weighted by atomic mass is 9.54. The second-order valence-electron chi connectivity index (χ2n) is 7.58. The van der Waals surface area contributed by atoms with Crippen molar-refractivity contribution in [2.75, 3.05) is 0 Å². The molecule has 1 aromatic carbocycles. The molecule has 3 atom stereocenters. The summed E-state index contributed by atoms with van der Waals surface area (Å²) in [6.07, 6.45) is 5.27. The lowest BCUT2D eigenvalue weighted by molar-refractivity contribution is -0.104. The van der Waals surface area contributed by atoms with E-state index < -0.39 is 5.60 Å². The van der Waals surface area contributed by atoms with Crippen LogP contribution in [0.2, 0.25) is 0 Å². The molecular weight excluding hydrogens is 244 g/mol. The van der Waals surface area contributed by atoms with E-state index in [1.54, 1.807) is 0 Å². The van der Waals surface area contributed by atoms with Gasteiger partial charge in [-0.2, -0.15) is 0 Å². The number of hydrogen-bond donors (Lipinski definition) is 1. The van der Waals surface area contributed by atoms with Gasteiger partial charge in [-0.15, -0.1) is 0 Å². The van der Waals surface area contributed by atoms with Crippen LogP contribution >= 0.6 is 0 Å². The summed E-state index contributed by atoms with van der Waals surface area (Å²) < 4.78 is 0. The maximum Gasteiger partial charge on any atom is 0.0785 e. The largest absolute Gasteiger partial charge is 0.389 e. The zero-order valence-electron chi connectivity index (χ0n) is 12.7. The van der Waals surface area contributed by atoms with Crippen LogP contribution in [0.25, 0.3) is 0 Å². The van der Waals surface area contributed by atoms with Crippen molar-refractivity contribution in [3.8, 4) is 0 Å². The van der Waals surface area contributed by atoms with Gasteiger partial charge in [-0.3, -0.25) is 0 Å². The Morgan fingerprint density at radius 1 is 1.10 bits per heavy atom. The minimum atomic E-state index is -0.599. The summed E-state index contributed by atoms with van der Waals surface area (Å²) in [6, 6.07) is 10.6. The maximum absolute atomic E-state index is 11.5. The molecule has 0 aromatic heterocycles. The first-order valence-corrected chi connectivity index (χ1v) is 7.87. The van der Waals surface area contributed by atoms with E-state index in [0.717, 1.165) is 25.7 Å². The van der Waals surface area contributed by atoms with Gasteiger partial charge in [0.15, 0.2) is 0 Å². The van der Waals surface area contributed by atoms with Crippen molar-refractivity contribution in [3.63, 3.8) is 0 Å². The second kappa shape index (κ2) is 4.73. The molecule has 1 nitrogen and oxygen atoms in total. The quantitative estimate of drug-likeness (QED) is 0.735. The molecule has 108 valence electrons. The van der Waals surface area contributed by atoms with Crippen LogP contribution in [0.15, 0.2) is 42.5 Å². The molecule has 2 saturated carbocycles. The SMILES string of the molecule is C=C1CC[C@H](c2ccccc2)[C@]2(O)CC(C)(C)CC[C@@H]12. The number of aliphatic hydroxyl groups is 1. The lowest BCUT2D eigenvalue weighted by Gasteiger charge is -2.54. The van der Waals surface area contributed by atoms with Crippen molar-refractivity contribution in [1.82, 2.24) is 0 Å². The van der Waals surface area contributed by atoms with E-state index in [4.69, 9.17) is 0 Å². The molecule has 1 heteroatoms. The molecule has 0 unspecified atom stereocenters. The molecule has 1 aromatic rings. The fourth-order valence-corrected chi connectivity index (χ4v) is 4.58. The molecule has 0 bridgehead atoms. The van der Waals surface area contributed by atoms with Gasteiger partial charge in [0.05, 0.1) is 5.60 Å². The summed E-state index contributed by atoms with van der Waals surface area (Å²) in [5, 5.41) is 11.5. The molecule has 0 amide bonds. The molecule has 1 N–H and O–H groups in total. The maximum atomic E-state index is 11.5. The van der Waals surface area contributed by atoms with Gasteiger partial charge in [0.2, 0.25) is 0 Å². The minimum Gasteiger partial charge on any atom is -0.389 e. The van der Waals surface area contributed by atoms with Gasteiger partial charge in [0.1, 0.15) is 0 Å². The van der Waals surface area contributed by atoms with Crippen molar-refractivity contribution >= 4 is 0 Å². The van der Waals surface area contributed by atoms with E-state index in [9.17, 15) is 5.11 Å². The summed E-state index contributed by atoms with van der Waals surface area (Å²) >= 11 is 0. The van der Waals surface area contributed by atoms with Crippen LogP contribution in [0, 0.1) is 11.3 Å². The van der Waals surface area contributed by atoms with Gasteiger partial charge in [0, 0.05) is 11.8 Å². The molecule has 0 radical (unpaired) electrons.